The molecule has 1 aliphatic rings. The summed E-state index contributed by atoms with van der Waals surface area (Å²) >= 11 is 0. The van der Waals surface area contributed by atoms with Gasteiger partial charge in [0.15, 0.2) is 5.78 Å². The van der Waals surface area contributed by atoms with Gasteiger partial charge < -0.3 is 5.11 Å². The molecular formula is C11H18O2. The van der Waals surface area contributed by atoms with Crippen LogP contribution in [0.2, 0.25) is 0 Å². The van der Waals surface area contributed by atoms with Gasteiger partial charge in [-0.15, -0.1) is 0 Å². The molecule has 1 N–H and O–H groups in total. The van der Waals surface area contributed by atoms with Crippen LogP contribution in [0.15, 0.2) is 11.6 Å². The van der Waals surface area contributed by atoms with Crippen LogP contribution in [0.5, 0.6) is 0 Å². The van der Waals surface area contributed by atoms with E-state index in [0.29, 0.717) is 0 Å². The van der Waals surface area contributed by atoms with E-state index in [1.165, 1.54) is 19.3 Å². The van der Waals surface area contributed by atoms with Crippen molar-refractivity contribution in [3.63, 3.8) is 0 Å². The van der Waals surface area contributed by atoms with Gasteiger partial charge in [-0.05, 0) is 38.2 Å². The summed E-state index contributed by atoms with van der Waals surface area (Å²) < 4.78 is 0. The molecule has 0 saturated carbocycles. The second kappa shape index (κ2) is 5.18. The second-order valence-electron chi connectivity index (χ2n) is 3.72. The number of rotatable bonds is 2. The highest BCUT2D eigenvalue weighted by Crippen LogP contribution is 2.18. The van der Waals surface area contributed by atoms with Gasteiger partial charge in [-0.2, -0.15) is 0 Å². The molecule has 74 valence electrons. The molecule has 1 atom stereocenters. The van der Waals surface area contributed by atoms with Crippen LogP contribution in [0.25, 0.3) is 0 Å². The van der Waals surface area contributed by atoms with Crippen molar-refractivity contribution in [1.29, 1.82) is 0 Å². The Morgan fingerprint density at radius 2 is 2.08 bits per heavy atom. The molecule has 1 unspecified atom stereocenters. The molecule has 1 aliphatic carbocycles. The Balaban J connectivity index is 2.59. The van der Waals surface area contributed by atoms with E-state index < -0.39 is 6.10 Å². The normalized spacial score (nSPS) is 25.2. The number of Topliss-reactive ketones (excluding diaryl/α,β-unsaturated/α-hetero) is 1. The van der Waals surface area contributed by atoms with Crippen LogP contribution in [0, 0.1) is 0 Å². The van der Waals surface area contributed by atoms with Gasteiger partial charge in [0.2, 0.25) is 0 Å². The molecular weight excluding hydrogens is 164 g/mol. The maximum absolute atomic E-state index is 11.4. The number of aliphatic hydroxyl groups is 1. The van der Waals surface area contributed by atoms with Crippen molar-refractivity contribution in [2.45, 2.75) is 51.6 Å². The summed E-state index contributed by atoms with van der Waals surface area (Å²) in [6.07, 6.45) is 7.77. The lowest BCUT2D eigenvalue weighted by Gasteiger charge is -2.11. The predicted octanol–water partition coefficient (Wildman–Crippen LogP) is 2.22. The highest BCUT2D eigenvalue weighted by molar-refractivity contribution is 5.98. The lowest BCUT2D eigenvalue weighted by Crippen LogP contribution is -2.18. The Hall–Kier alpha value is -0.630. The van der Waals surface area contributed by atoms with Gasteiger partial charge in [-0.1, -0.05) is 18.9 Å². The third kappa shape index (κ3) is 3.31. The van der Waals surface area contributed by atoms with Crippen LogP contribution >= 0.6 is 0 Å². The van der Waals surface area contributed by atoms with Gasteiger partial charge in [-0.25, -0.2) is 0 Å². The number of aliphatic hydroxyl groups excluding tert-OH is 1. The van der Waals surface area contributed by atoms with E-state index in [-0.39, 0.29) is 5.78 Å². The van der Waals surface area contributed by atoms with Crippen LogP contribution in [0.1, 0.15) is 45.4 Å². The van der Waals surface area contributed by atoms with Gasteiger partial charge >= 0.3 is 0 Å². The highest BCUT2D eigenvalue weighted by Gasteiger charge is 2.15. The van der Waals surface area contributed by atoms with Crippen molar-refractivity contribution in [3.8, 4) is 0 Å². The minimum absolute atomic E-state index is 0.0816. The molecule has 0 amide bonds. The van der Waals surface area contributed by atoms with E-state index in [4.69, 9.17) is 5.11 Å². The van der Waals surface area contributed by atoms with Crippen LogP contribution < -0.4 is 0 Å². The fraction of sp³-hybridized carbons (Fsp3) is 0.727. The molecule has 0 aromatic rings. The largest absolute Gasteiger partial charge is 0.385 e. The van der Waals surface area contributed by atoms with Gasteiger partial charge in [-0.3, -0.25) is 4.79 Å². The summed E-state index contributed by atoms with van der Waals surface area (Å²) in [7, 11) is 0. The fourth-order valence-electron chi connectivity index (χ4n) is 1.68. The lowest BCUT2D eigenvalue weighted by molar-refractivity contribution is -0.122. The van der Waals surface area contributed by atoms with Gasteiger partial charge in [0.05, 0.1) is 0 Å². The predicted molar refractivity (Wildman–Crippen MR) is 52.5 cm³/mol. The van der Waals surface area contributed by atoms with Crippen molar-refractivity contribution in [3.05, 3.63) is 11.6 Å². The first-order valence-electron chi connectivity index (χ1n) is 5.13. The van der Waals surface area contributed by atoms with E-state index in [2.05, 4.69) is 0 Å². The summed E-state index contributed by atoms with van der Waals surface area (Å²) in [6.45, 7) is 1.54. The van der Waals surface area contributed by atoms with Crippen LogP contribution in [0.3, 0.4) is 0 Å². The molecule has 0 saturated heterocycles. The minimum Gasteiger partial charge on any atom is -0.385 e. The first-order valence-corrected chi connectivity index (χ1v) is 5.13. The van der Waals surface area contributed by atoms with E-state index in [1.807, 2.05) is 6.08 Å². The minimum atomic E-state index is -0.828. The number of carbonyl (C=O) groups is 1. The summed E-state index contributed by atoms with van der Waals surface area (Å²) in [5.74, 6) is -0.0816. The van der Waals surface area contributed by atoms with Crippen molar-refractivity contribution >= 4 is 5.78 Å². The molecule has 2 nitrogen and oxygen atoms in total. The first-order chi connectivity index (χ1) is 6.22. The van der Waals surface area contributed by atoms with Gasteiger partial charge in [0.25, 0.3) is 0 Å². The number of hydrogen-bond donors (Lipinski definition) is 1. The average Bonchev–Trinajstić information content (AvgIpc) is 2.02. The lowest BCUT2D eigenvalue weighted by atomic mass is 9.95. The number of hydrogen-bond acceptors (Lipinski definition) is 2. The number of allylic oxidation sites excluding steroid dienone is 1. The molecule has 13 heavy (non-hydrogen) atoms. The maximum atomic E-state index is 11.4. The Bertz CT molecular complexity index is 204. The zero-order valence-corrected chi connectivity index (χ0v) is 8.25. The SMILES string of the molecule is CC(O)C(=O)/C1=C/CCCCCC1. The second-order valence-corrected chi connectivity index (χ2v) is 3.72. The molecule has 1 rings (SSSR count). The third-order valence-electron chi connectivity index (χ3n) is 2.49. The highest BCUT2D eigenvalue weighted by atomic mass is 16.3. The van der Waals surface area contributed by atoms with E-state index >= 15 is 0 Å². The molecule has 0 bridgehead atoms. The maximum Gasteiger partial charge on any atom is 0.186 e. The fourth-order valence-corrected chi connectivity index (χ4v) is 1.68. The molecule has 0 fully saturated rings. The van der Waals surface area contributed by atoms with Crippen LogP contribution in [-0.4, -0.2) is 17.0 Å². The van der Waals surface area contributed by atoms with E-state index in [1.54, 1.807) is 6.92 Å². The standard InChI is InChI=1S/C11H18O2/c1-9(12)11(13)10-7-5-3-2-4-6-8-10/h7,9,12H,2-6,8H2,1H3/b10-7+. The smallest absolute Gasteiger partial charge is 0.186 e. The Morgan fingerprint density at radius 1 is 1.38 bits per heavy atom. The van der Waals surface area contributed by atoms with Crippen LogP contribution in [-0.2, 0) is 4.79 Å². The Labute approximate surface area is 79.6 Å². The molecule has 0 aromatic heterocycles. The molecule has 0 spiro atoms. The summed E-state index contributed by atoms with van der Waals surface area (Å²) in [5.41, 5.74) is 0.842. The monoisotopic (exact) mass is 182 g/mol. The van der Waals surface area contributed by atoms with Gasteiger partial charge in [0, 0.05) is 0 Å². The van der Waals surface area contributed by atoms with Crippen molar-refractivity contribution < 1.29 is 9.90 Å². The quantitative estimate of drug-likeness (QED) is 0.711. The molecule has 0 aromatic carbocycles. The van der Waals surface area contributed by atoms with Crippen molar-refractivity contribution in [1.82, 2.24) is 0 Å². The summed E-state index contributed by atoms with van der Waals surface area (Å²) in [4.78, 5) is 11.4. The zero-order valence-electron chi connectivity index (χ0n) is 8.25. The zero-order chi connectivity index (χ0) is 9.68. The average molecular weight is 182 g/mol. The van der Waals surface area contributed by atoms with E-state index in [0.717, 1.165) is 24.8 Å². The summed E-state index contributed by atoms with van der Waals surface area (Å²) in [6, 6.07) is 0. The van der Waals surface area contributed by atoms with E-state index in [9.17, 15) is 4.79 Å². The third-order valence-corrected chi connectivity index (χ3v) is 2.49. The van der Waals surface area contributed by atoms with Gasteiger partial charge in [0.1, 0.15) is 6.10 Å². The number of ketones is 1. The summed E-state index contributed by atoms with van der Waals surface area (Å²) in [5, 5.41) is 9.14. The Morgan fingerprint density at radius 3 is 2.77 bits per heavy atom. The van der Waals surface area contributed by atoms with Crippen LogP contribution in [0.4, 0.5) is 0 Å². The topological polar surface area (TPSA) is 37.3 Å². The van der Waals surface area contributed by atoms with Crippen molar-refractivity contribution in [2.75, 3.05) is 0 Å². The molecule has 2 heteroatoms. The number of carbonyl (C=O) groups excluding carboxylic acids is 1. The molecule has 0 heterocycles. The molecule has 0 aliphatic heterocycles. The first kappa shape index (κ1) is 10.5. The molecule has 0 radical (unpaired) electrons. The Kier molecular flexibility index (Phi) is 4.16. The van der Waals surface area contributed by atoms with Crippen molar-refractivity contribution in [2.24, 2.45) is 0 Å².